The predicted octanol–water partition coefficient (Wildman–Crippen LogP) is 1.92. The van der Waals surface area contributed by atoms with Crippen molar-refractivity contribution < 1.29 is 9.53 Å². The fraction of sp³-hybridized carbons (Fsp3) is 0.133. The number of aromatic nitrogens is 3. The highest BCUT2D eigenvalue weighted by Gasteiger charge is 2.09. The van der Waals surface area contributed by atoms with Crippen molar-refractivity contribution in [1.82, 2.24) is 15.0 Å². The monoisotopic (exact) mass is 295 g/mol. The van der Waals surface area contributed by atoms with Gasteiger partial charge in [-0.25, -0.2) is 14.8 Å². The van der Waals surface area contributed by atoms with Crippen molar-refractivity contribution in [2.24, 2.45) is 0 Å². The quantitative estimate of drug-likeness (QED) is 0.511. The van der Waals surface area contributed by atoms with E-state index in [1.165, 1.54) is 6.20 Å². The second-order valence-corrected chi connectivity index (χ2v) is 4.04. The van der Waals surface area contributed by atoms with Gasteiger partial charge in [0.2, 0.25) is 0 Å². The molecule has 1 N–H and O–H groups in total. The maximum atomic E-state index is 11.5. The van der Waals surface area contributed by atoms with Crippen molar-refractivity contribution in [1.29, 1.82) is 5.26 Å². The zero-order valence-electron chi connectivity index (χ0n) is 11.9. The normalized spacial score (nSPS) is 10.6. The van der Waals surface area contributed by atoms with Crippen molar-refractivity contribution >= 4 is 11.8 Å². The van der Waals surface area contributed by atoms with Gasteiger partial charge in [-0.1, -0.05) is 0 Å². The van der Waals surface area contributed by atoms with Gasteiger partial charge in [-0.2, -0.15) is 5.26 Å². The minimum Gasteiger partial charge on any atom is -0.462 e. The van der Waals surface area contributed by atoms with E-state index < -0.39 is 5.97 Å². The summed E-state index contributed by atoms with van der Waals surface area (Å²) in [6.45, 7) is 1.88. The molecule has 0 aliphatic rings. The lowest BCUT2D eigenvalue weighted by Crippen LogP contribution is -2.08. The molecule has 0 aliphatic heterocycles. The van der Waals surface area contributed by atoms with Crippen LogP contribution in [0.5, 0.6) is 0 Å². The highest BCUT2D eigenvalue weighted by molar-refractivity contribution is 5.93. The molecule has 0 fully saturated rings. The highest BCUT2D eigenvalue weighted by Crippen LogP contribution is 2.14. The van der Waals surface area contributed by atoms with Gasteiger partial charge in [0.1, 0.15) is 11.9 Å². The average Bonchev–Trinajstić information content (AvgIpc) is 2.57. The van der Waals surface area contributed by atoms with Crippen LogP contribution in [0.25, 0.3) is 11.4 Å². The Kier molecular flexibility index (Phi) is 5.15. The van der Waals surface area contributed by atoms with Crippen LogP contribution in [0.4, 0.5) is 5.82 Å². The maximum Gasteiger partial charge on any atom is 0.350 e. The summed E-state index contributed by atoms with van der Waals surface area (Å²) in [6, 6.07) is 6.97. The molecular formula is C15H13N5O2. The standard InChI is InChI=1S/C15H13N5O2/c1-2-22-15(21)12(9-16)10-19-13-5-8-18-14(20-13)11-3-6-17-7-4-11/h3-8,10H,2H2,1H3,(H,18,19,20)/b12-10+. The molecule has 0 aromatic carbocycles. The lowest BCUT2D eigenvalue weighted by molar-refractivity contribution is -0.138. The first-order valence-corrected chi connectivity index (χ1v) is 6.52. The Morgan fingerprint density at radius 2 is 2.14 bits per heavy atom. The van der Waals surface area contributed by atoms with Gasteiger partial charge in [0.25, 0.3) is 0 Å². The molecule has 0 bridgehead atoms. The van der Waals surface area contributed by atoms with E-state index in [1.807, 2.05) is 0 Å². The van der Waals surface area contributed by atoms with Crippen molar-refractivity contribution in [3.8, 4) is 17.5 Å². The SMILES string of the molecule is CCOC(=O)/C(C#N)=C/Nc1ccnc(-c2ccncc2)n1. The molecular weight excluding hydrogens is 282 g/mol. The average molecular weight is 295 g/mol. The third-order valence-electron chi connectivity index (χ3n) is 2.57. The summed E-state index contributed by atoms with van der Waals surface area (Å²) in [5, 5.41) is 11.7. The van der Waals surface area contributed by atoms with Crippen LogP contribution in [0.15, 0.2) is 48.6 Å². The number of rotatable bonds is 5. The van der Waals surface area contributed by atoms with Crippen LogP contribution in [-0.4, -0.2) is 27.5 Å². The molecule has 0 saturated heterocycles. The number of hydrogen-bond acceptors (Lipinski definition) is 7. The van der Waals surface area contributed by atoms with E-state index in [0.717, 1.165) is 5.56 Å². The molecule has 110 valence electrons. The Morgan fingerprint density at radius 3 is 2.82 bits per heavy atom. The van der Waals surface area contributed by atoms with Crippen LogP contribution in [0.2, 0.25) is 0 Å². The number of nitrogens with one attached hydrogen (secondary N) is 1. The van der Waals surface area contributed by atoms with Crippen LogP contribution < -0.4 is 5.32 Å². The number of pyridine rings is 1. The molecule has 7 nitrogen and oxygen atoms in total. The molecule has 2 rings (SSSR count). The largest absolute Gasteiger partial charge is 0.462 e. The van der Waals surface area contributed by atoms with Gasteiger partial charge < -0.3 is 10.1 Å². The molecule has 22 heavy (non-hydrogen) atoms. The summed E-state index contributed by atoms with van der Waals surface area (Å²) in [5.41, 5.74) is 0.680. The van der Waals surface area contributed by atoms with Gasteiger partial charge in [-0.05, 0) is 25.1 Å². The van der Waals surface area contributed by atoms with Gasteiger partial charge in [-0.15, -0.1) is 0 Å². The molecule has 0 atom stereocenters. The van der Waals surface area contributed by atoms with Crippen molar-refractivity contribution in [3.05, 3.63) is 48.6 Å². The fourth-order valence-corrected chi connectivity index (χ4v) is 1.57. The topological polar surface area (TPSA) is 101 Å². The van der Waals surface area contributed by atoms with Crippen LogP contribution in [0.3, 0.4) is 0 Å². The van der Waals surface area contributed by atoms with E-state index in [0.29, 0.717) is 11.6 Å². The summed E-state index contributed by atoms with van der Waals surface area (Å²) in [4.78, 5) is 23.9. The number of carbonyl (C=O) groups is 1. The lowest BCUT2D eigenvalue weighted by Gasteiger charge is -2.04. The van der Waals surface area contributed by atoms with Crippen molar-refractivity contribution in [2.75, 3.05) is 11.9 Å². The van der Waals surface area contributed by atoms with Gasteiger partial charge in [0.05, 0.1) is 6.61 Å². The number of nitrogens with zero attached hydrogens (tertiary/aromatic N) is 4. The van der Waals surface area contributed by atoms with Crippen molar-refractivity contribution in [3.63, 3.8) is 0 Å². The van der Waals surface area contributed by atoms with E-state index in [1.54, 1.807) is 49.8 Å². The van der Waals surface area contributed by atoms with Crippen LogP contribution in [-0.2, 0) is 9.53 Å². The van der Waals surface area contributed by atoms with Gasteiger partial charge in [0, 0.05) is 30.4 Å². The molecule has 0 radical (unpaired) electrons. The number of carbonyl (C=O) groups excluding carboxylic acids is 1. The zero-order valence-corrected chi connectivity index (χ0v) is 11.9. The first kappa shape index (κ1) is 15.1. The lowest BCUT2D eigenvalue weighted by atomic mass is 10.2. The van der Waals surface area contributed by atoms with Crippen LogP contribution >= 0.6 is 0 Å². The Labute approximate surface area is 127 Å². The number of hydrogen-bond donors (Lipinski definition) is 1. The van der Waals surface area contributed by atoms with Crippen LogP contribution in [0.1, 0.15) is 6.92 Å². The molecule has 0 spiro atoms. The summed E-state index contributed by atoms with van der Waals surface area (Å²) in [5.74, 6) is 0.287. The second-order valence-electron chi connectivity index (χ2n) is 4.04. The summed E-state index contributed by atoms with van der Waals surface area (Å²) in [7, 11) is 0. The third kappa shape index (κ3) is 3.86. The second kappa shape index (κ2) is 7.50. The number of esters is 1. The molecule has 0 aliphatic carbocycles. The van der Waals surface area contributed by atoms with Crippen LogP contribution in [0, 0.1) is 11.3 Å². The minimum absolute atomic E-state index is 0.133. The third-order valence-corrected chi connectivity index (χ3v) is 2.57. The highest BCUT2D eigenvalue weighted by atomic mass is 16.5. The summed E-state index contributed by atoms with van der Waals surface area (Å²) >= 11 is 0. The predicted molar refractivity (Wildman–Crippen MR) is 79.2 cm³/mol. The van der Waals surface area contributed by atoms with Gasteiger partial charge in [-0.3, -0.25) is 4.98 Å². The zero-order chi connectivity index (χ0) is 15.8. The summed E-state index contributed by atoms with van der Waals surface area (Å²) < 4.78 is 4.77. The van der Waals surface area contributed by atoms with Crippen molar-refractivity contribution in [2.45, 2.75) is 6.92 Å². The maximum absolute atomic E-state index is 11.5. The number of nitriles is 1. The first-order chi connectivity index (χ1) is 10.7. The first-order valence-electron chi connectivity index (χ1n) is 6.52. The summed E-state index contributed by atoms with van der Waals surface area (Å²) in [6.07, 6.45) is 6.13. The van der Waals surface area contributed by atoms with E-state index in [9.17, 15) is 4.79 Å². The Morgan fingerprint density at radius 1 is 1.36 bits per heavy atom. The molecule has 0 saturated carbocycles. The molecule has 2 aromatic heterocycles. The Balaban J connectivity index is 2.17. The molecule has 2 aromatic rings. The molecule has 0 amide bonds. The number of ether oxygens (including phenoxy) is 1. The van der Waals surface area contributed by atoms with E-state index in [2.05, 4.69) is 20.3 Å². The Bertz CT molecular complexity index is 722. The smallest absolute Gasteiger partial charge is 0.350 e. The fourth-order valence-electron chi connectivity index (χ4n) is 1.57. The van der Waals surface area contributed by atoms with E-state index in [-0.39, 0.29) is 12.2 Å². The minimum atomic E-state index is -0.680. The molecule has 0 unspecified atom stereocenters. The molecule has 2 heterocycles. The molecule has 7 heteroatoms. The van der Waals surface area contributed by atoms with E-state index in [4.69, 9.17) is 10.00 Å². The van der Waals surface area contributed by atoms with Gasteiger partial charge in [0.15, 0.2) is 11.4 Å². The van der Waals surface area contributed by atoms with Gasteiger partial charge >= 0.3 is 5.97 Å². The van der Waals surface area contributed by atoms with E-state index >= 15 is 0 Å². The number of anilines is 1. The Hall–Kier alpha value is -3.27.